The number of hydrogen-bond donors (Lipinski definition) is 1. The SMILES string of the molecule is O=[N+]([O-])c1ccc(CCCS)cc1F. The van der Waals surface area contributed by atoms with Gasteiger partial charge in [-0.05, 0) is 30.2 Å². The highest BCUT2D eigenvalue weighted by Gasteiger charge is 2.13. The topological polar surface area (TPSA) is 43.1 Å². The number of benzene rings is 1. The molecule has 0 spiro atoms. The van der Waals surface area contributed by atoms with Crippen LogP contribution in [-0.2, 0) is 6.42 Å². The molecule has 0 fully saturated rings. The standard InChI is InChI=1S/C9H10FNO2S/c10-8-6-7(2-1-5-14)3-4-9(8)11(12)13/h3-4,6,14H,1-2,5H2. The molecule has 0 saturated carbocycles. The normalized spacial score (nSPS) is 10.1. The number of nitro benzene ring substituents is 1. The third-order valence-electron chi connectivity index (χ3n) is 1.83. The maximum absolute atomic E-state index is 13.1. The largest absolute Gasteiger partial charge is 0.304 e. The molecule has 1 aromatic carbocycles. The molecule has 0 bridgehead atoms. The van der Waals surface area contributed by atoms with Gasteiger partial charge < -0.3 is 0 Å². The van der Waals surface area contributed by atoms with E-state index >= 15 is 0 Å². The van der Waals surface area contributed by atoms with Crippen molar-refractivity contribution < 1.29 is 9.31 Å². The Morgan fingerprint density at radius 1 is 1.50 bits per heavy atom. The van der Waals surface area contributed by atoms with Crippen molar-refractivity contribution in [3.63, 3.8) is 0 Å². The van der Waals surface area contributed by atoms with Gasteiger partial charge in [0.2, 0.25) is 5.82 Å². The quantitative estimate of drug-likeness (QED) is 0.476. The molecule has 0 aromatic heterocycles. The number of thiol groups is 1. The molecular formula is C9H10FNO2S. The molecule has 0 atom stereocenters. The number of nitro groups is 1. The van der Waals surface area contributed by atoms with E-state index in [-0.39, 0.29) is 0 Å². The summed E-state index contributed by atoms with van der Waals surface area (Å²) in [6, 6.07) is 3.98. The van der Waals surface area contributed by atoms with Crippen LogP contribution in [0.4, 0.5) is 10.1 Å². The van der Waals surface area contributed by atoms with Gasteiger partial charge in [0, 0.05) is 6.07 Å². The number of rotatable bonds is 4. The van der Waals surface area contributed by atoms with Crippen molar-refractivity contribution >= 4 is 18.3 Å². The lowest BCUT2D eigenvalue weighted by Gasteiger charge is -1.99. The Bertz CT molecular complexity index is 344. The van der Waals surface area contributed by atoms with Crippen molar-refractivity contribution in [2.75, 3.05) is 5.75 Å². The first-order valence-electron chi connectivity index (χ1n) is 4.19. The Hall–Kier alpha value is -1.10. The van der Waals surface area contributed by atoms with Gasteiger partial charge in [-0.1, -0.05) is 6.07 Å². The highest BCUT2D eigenvalue weighted by Crippen LogP contribution is 2.18. The van der Waals surface area contributed by atoms with E-state index in [1.807, 2.05) is 0 Å². The van der Waals surface area contributed by atoms with E-state index in [2.05, 4.69) is 12.6 Å². The van der Waals surface area contributed by atoms with Gasteiger partial charge in [-0.25, -0.2) is 0 Å². The molecule has 0 N–H and O–H groups in total. The second-order valence-electron chi connectivity index (χ2n) is 2.87. The molecule has 0 radical (unpaired) electrons. The Morgan fingerprint density at radius 3 is 2.71 bits per heavy atom. The molecule has 1 aromatic rings. The first-order chi connectivity index (χ1) is 6.65. The highest BCUT2D eigenvalue weighted by atomic mass is 32.1. The second kappa shape index (κ2) is 4.95. The summed E-state index contributed by atoms with van der Waals surface area (Å²) in [6.07, 6.45) is 1.53. The van der Waals surface area contributed by atoms with Crippen LogP contribution in [0.3, 0.4) is 0 Å². The van der Waals surface area contributed by atoms with Gasteiger partial charge in [0.1, 0.15) is 0 Å². The summed E-state index contributed by atoms with van der Waals surface area (Å²) in [7, 11) is 0. The van der Waals surface area contributed by atoms with E-state index in [0.29, 0.717) is 6.42 Å². The maximum Gasteiger partial charge on any atom is 0.304 e. The smallest absolute Gasteiger partial charge is 0.258 e. The predicted molar refractivity (Wildman–Crippen MR) is 55.2 cm³/mol. The summed E-state index contributed by atoms with van der Waals surface area (Å²) < 4.78 is 13.1. The molecule has 0 unspecified atom stereocenters. The maximum atomic E-state index is 13.1. The lowest BCUT2D eigenvalue weighted by Crippen LogP contribution is -1.94. The molecule has 1 rings (SSSR count). The first kappa shape index (κ1) is 11.0. The molecule has 76 valence electrons. The zero-order valence-electron chi connectivity index (χ0n) is 7.44. The van der Waals surface area contributed by atoms with Crippen LogP contribution in [0.1, 0.15) is 12.0 Å². The fourth-order valence-electron chi connectivity index (χ4n) is 1.14. The molecule has 0 aliphatic rings. The second-order valence-corrected chi connectivity index (χ2v) is 3.32. The zero-order valence-corrected chi connectivity index (χ0v) is 8.34. The monoisotopic (exact) mass is 215 g/mol. The molecule has 3 nitrogen and oxygen atoms in total. The third-order valence-corrected chi connectivity index (χ3v) is 2.15. The third kappa shape index (κ3) is 2.70. The van der Waals surface area contributed by atoms with Gasteiger partial charge >= 0.3 is 5.69 Å². The summed E-state index contributed by atoms with van der Waals surface area (Å²) in [5.74, 6) is -0.0508. The highest BCUT2D eigenvalue weighted by molar-refractivity contribution is 7.80. The fraction of sp³-hybridized carbons (Fsp3) is 0.333. The van der Waals surface area contributed by atoms with Crippen LogP contribution in [0.5, 0.6) is 0 Å². The van der Waals surface area contributed by atoms with Crippen molar-refractivity contribution in [2.45, 2.75) is 12.8 Å². The molecule has 0 heterocycles. The Labute approximate surface area is 86.5 Å². The molecule has 0 amide bonds. The Morgan fingerprint density at radius 2 is 2.21 bits per heavy atom. The van der Waals surface area contributed by atoms with Gasteiger partial charge in [0.05, 0.1) is 4.92 Å². The van der Waals surface area contributed by atoms with Crippen molar-refractivity contribution in [1.29, 1.82) is 0 Å². The zero-order chi connectivity index (χ0) is 10.6. The summed E-state index contributed by atoms with van der Waals surface area (Å²) in [4.78, 5) is 9.58. The van der Waals surface area contributed by atoms with Crippen molar-refractivity contribution in [2.24, 2.45) is 0 Å². The molecule has 14 heavy (non-hydrogen) atoms. The molecule has 0 aliphatic heterocycles. The number of nitrogens with zero attached hydrogens (tertiary/aromatic N) is 1. The minimum atomic E-state index is -0.772. The van der Waals surface area contributed by atoms with Crippen LogP contribution in [0.25, 0.3) is 0 Å². The summed E-state index contributed by atoms with van der Waals surface area (Å²) in [5, 5.41) is 10.3. The van der Waals surface area contributed by atoms with Crippen LogP contribution in [0.2, 0.25) is 0 Å². The van der Waals surface area contributed by atoms with Gasteiger partial charge in [-0.15, -0.1) is 0 Å². The van der Waals surface area contributed by atoms with Gasteiger partial charge in [-0.2, -0.15) is 17.0 Å². The average Bonchev–Trinajstić information content (AvgIpc) is 2.14. The van der Waals surface area contributed by atoms with E-state index in [1.54, 1.807) is 6.07 Å². The van der Waals surface area contributed by atoms with Gasteiger partial charge in [0.15, 0.2) is 0 Å². The predicted octanol–water partition coefficient (Wildman–Crippen LogP) is 2.60. The fourth-order valence-corrected chi connectivity index (χ4v) is 1.30. The lowest BCUT2D eigenvalue weighted by molar-refractivity contribution is -0.387. The molecule has 5 heteroatoms. The minimum absolute atomic E-state index is 0.473. The summed E-state index contributed by atoms with van der Waals surface area (Å²) in [6.45, 7) is 0. The van der Waals surface area contributed by atoms with Crippen molar-refractivity contribution in [3.05, 3.63) is 39.7 Å². The number of aryl methyl sites for hydroxylation is 1. The first-order valence-corrected chi connectivity index (χ1v) is 4.82. The van der Waals surface area contributed by atoms with E-state index < -0.39 is 16.4 Å². The average molecular weight is 215 g/mol. The number of halogens is 1. The molecule has 0 saturated heterocycles. The Kier molecular flexibility index (Phi) is 3.88. The van der Waals surface area contributed by atoms with Crippen LogP contribution < -0.4 is 0 Å². The molecule has 0 aliphatic carbocycles. The Balaban J connectivity index is 2.83. The summed E-state index contributed by atoms with van der Waals surface area (Å²) in [5.41, 5.74) is 0.293. The molecular weight excluding hydrogens is 205 g/mol. The summed E-state index contributed by atoms with van der Waals surface area (Å²) >= 11 is 4.03. The number of hydrogen-bond acceptors (Lipinski definition) is 3. The van der Waals surface area contributed by atoms with Crippen LogP contribution in [0.15, 0.2) is 18.2 Å². The van der Waals surface area contributed by atoms with Gasteiger partial charge in [-0.3, -0.25) is 10.1 Å². The van der Waals surface area contributed by atoms with Crippen LogP contribution in [0, 0.1) is 15.9 Å². The van der Waals surface area contributed by atoms with E-state index in [0.717, 1.165) is 17.7 Å². The van der Waals surface area contributed by atoms with E-state index in [4.69, 9.17) is 0 Å². The van der Waals surface area contributed by atoms with Crippen molar-refractivity contribution in [1.82, 2.24) is 0 Å². The van der Waals surface area contributed by atoms with Crippen LogP contribution in [-0.4, -0.2) is 10.7 Å². The van der Waals surface area contributed by atoms with Crippen LogP contribution >= 0.6 is 12.6 Å². The lowest BCUT2D eigenvalue weighted by atomic mass is 10.1. The van der Waals surface area contributed by atoms with E-state index in [1.165, 1.54) is 12.1 Å². The van der Waals surface area contributed by atoms with E-state index in [9.17, 15) is 14.5 Å². The van der Waals surface area contributed by atoms with Gasteiger partial charge in [0.25, 0.3) is 0 Å². The van der Waals surface area contributed by atoms with Crippen molar-refractivity contribution in [3.8, 4) is 0 Å². The minimum Gasteiger partial charge on any atom is -0.258 e.